The summed E-state index contributed by atoms with van der Waals surface area (Å²) in [7, 11) is 0. The molecule has 2 heteroatoms. The van der Waals surface area contributed by atoms with Gasteiger partial charge in [-0.2, -0.15) is 0 Å². The minimum Gasteiger partial charge on any atom is -0.303 e. The van der Waals surface area contributed by atoms with Gasteiger partial charge in [0, 0.05) is 28.3 Å². The van der Waals surface area contributed by atoms with Crippen molar-refractivity contribution in [1.29, 1.82) is 0 Å². The summed E-state index contributed by atoms with van der Waals surface area (Å²) in [5, 5.41) is 0. The van der Waals surface area contributed by atoms with Crippen molar-refractivity contribution in [2.45, 2.75) is 13.8 Å². The molecule has 0 unspecified atom stereocenters. The Morgan fingerprint density at radius 3 is 1.67 bits per heavy atom. The van der Waals surface area contributed by atoms with Crippen LogP contribution in [0, 0.1) is 5.92 Å². The molecule has 1 radical (unpaired) electrons. The topological polar surface area (TPSA) is 17.1 Å². The van der Waals surface area contributed by atoms with Gasteiger partial charge in [-0.15, -0.1) is 0 Å². The van der Waals surface area contributed by atoms with E-state index in [0.717, 1.165) is 6.29 Å². The van der Waals surface area contributed by atoms with E-state index in [1.54, 1.807) is 0 Å². The molecule has 0 N–H and O–H groups in total. The molecular weight excluding hydrogens is 157 g/mol. The van der Waals surface area contributed by atoms with Gasteiger partial charge < -0.3 is 4.79 Å². The largest absolute Gasteiger partial charge is 0.303 e. The van der Waals surface area contributed by atoms with Gasteiger partial charge in [-0.05, 0) is 0 Å². The fraction of sp³-hybridized carbons (Fsp3) is 0.750. The molecule has 0 aromatic carbocycles. The molecule has 0 aliphatic carbocycles. The van der Waals surface area contributed by atoms with Gasteiger partial charge in [0.25, 0.3) is 0 Å². The van der Waals surface area contributed by atoms with Crippen LogP contribution in [0.3, 0.4) is 0 Å². The quantitative estimate of drug-likeness (QED) is 0.415. The summed E-state index contributed by atoms with van der Waals surface area (Å²) in [6, 6.07) is 0. The molecule has 0 spiro atoms. The number of hydrogen-bond donors (Lipinski definition) is 0. The molecule has 35 valence electrons. The number of carbonyl (C=O) groups excluding carboxylic acids is 1. The van der Waals surface area contributed by atoms with Crippen molar-refractivity contribution in [2.24, 2.45) is 5.92 Å². The van der Waals surface area contributed by atoms with Crippen LogP contribution in [-0.4, -0.2) is 6.29 Å². The predicted octanol–water partition coefficient (Wildman–Crippen LogP) is 0.839. The normalized spacial score (nSPS) is 7.17. The minimum atomic E-state index is 0. The Morgan fingerprint density at radius 1 is 1.50 bits per heavy atom. The van der Waals surface area contributed by atoms with E-state index in [9.17, 15) is 4.79 Å². The van der Waals surface area contributed by atoms with Crippen molar-refractivity contribution >= 4 is 6.29 Å². The van der Waals surface area contributed by atoms with Crippen LogP contribution in [0.5, 0.6) is 0 Å². The van der Waals surface area contributed by atoms with Gasteiger partial charge in [0.05, 0.1) is 0 Å². The fourth-order valence-electron chi connectivity index (χ4n) is 0. The summed E-state index contributed by atoms with van der Waals surface area (Å²) in [5.41, 5.74) is 0. The van der Waals surface area contributed by atoms with Gasteiger partial charge >= 0.3 is 0 Å². The van der Waals surface area contributed by atoms with Crippen LogP contribution in [0.2, 0.25) is 0 Å². The Hall–Kier alpha value is 0.410. The van der Waals surface area contributed by atoms with Crippen LogP contribution in [0.1, 0.15) is 13.8 Å². The molecule has 0 saturated carbocycles. The first-order valence-corrected chi connectivity index (χ1v) is 1.72. The Balaban J connectivity index is 0. The van der Waals surface area contributed by atoms with E-state index >= 15 is 0 Å². The maximum Gasteiger partial charge on any atom is 0.122 e. The molecular formula is C4H8NbO. The van der Waals surface area contributed by atoms with Crippen LogP contribution in [-0.2, 0) is 27.2 Å². The molecule has 0 amide bonds. The zero-order valence-corrected chi connectivity index (χ0v) is 6.21. The summed E-state index contributed by atoms with van der Waals surface area (Å²) in [4.78, 5) is 9.50. The molecule has 0 fully saturated rings. The number of rotatable bonds is 1. The van der Waals surface area contributed by atoms with Crippen molar-refractivity contribution < 1.29 is 27.2 Å². The zero-order chi connectivity index (χ0) is 4.28. The molecule has 0 aliphatic rings. The average Bonchev–Trinajstić information content (AvgIpc) is 1.38. The summed E-state index contributed by atoms with van der Waals surface area (Å²) in [6.07, 6.45) is 0.917. The maximum atomic E-state index is 9.50. The van der Waals surface area contributed by atoms with Gasteiger partial charge in [-0.1, -0.05) is 13.8 Å². The number of aldehydes is 1. The molecule has 0 aromatic rings. The molecule has 6 heavy (non-hydrogen) atoms. The Bertz CT molecular complexity index is 34.5. The third-order valence-electron chi connectivity index (χ3n) is 0.272. The first kappa shape index (κ1) is 9.65. The van der Waals surface area contributed by atoms with Gasteiger partial charge in [0.1, 0.15) is 6.29 Å². The molecule has 0 rings (SSSR count). The van der Waals surface area contributed by atoms with Crippen molar-refractivity contribution in [3.05, 3.63) is 0 Å². The molecule has 0 bridgehead atoms. The summed E-state index contributed by atoms with van der Waals surface area (Å²) in [6.45, 7) is 3.71. The van der Waals surface area contributed by atoms with E-state index in [2.05, 4.69) is 0 Å². The molecule has 0 heterocycles. The van der Waals surface area contributed by atoms with Gasteiger partial charge in [0.15, 0.2) is 0 Å². The molecule has 0 aromatic heterocycles. The van der Waals surface area contributed by atoms with Crippen molar-refractivity contribution in [1.82, 2.24) is 0 Å². The monoisotopic (exact) mass is 165 g/mol. The number of hydrogen-bond acceptors (Lipinski definition) is 1. The summed E-state index contributed by atoms with van der Waals surface area (Å²) < 4.78 is 0. The second kappa shape index (κ2) is 5.41. The summed E-state index contributed by atoms with van der Waals surface area (Å²) in [5.74, 6) is 0.204. The Kier molecular flexibility index (Phi) is 8.70. The SMILES string of the molecule is CC(C)C=O.[Nb]. The first-order valence-electron chi connectivity index (χ1n) is 1.72. The third-order valence-corrected chi connectivity index (χ3v) is 0.272. The fourth-order valence-corrected chi connectivity index (χ4v) is 0. The first-order chi connectivity index (χ1) is 2.27. The van der Waals surface area contributed by atoms with Crippen LogP contribution in [0.25, 0.3) is 0 Å². The van der Waals surface area contributed by atoms with Crippen molar-refractivity contribution in [3.8, 4) is 0 Å². The van der Waals surface area contributed by atoms with E-state index in [-0.39, 0.29) is 28.3 Å². The van der Waals surface area contributed by atoms with Crippen molar-refractivity contribution in [2.75, 3.05) is 0 Å². The Labute approximate surface area is 53.6 Å². The maximum absolute atomic E-state index is 9.50. The standard InChI is InChI=1S/C4H8O.Nb/c1-4(2)3-5;/h3-4H,1-2H3;. The van der Waals surface area contributed by atoms with Crippen LogP contribution >= 0.6 is 0 Å². The van der Waals surface area contributed by atoms with E-state index in [4.69, 9.17) is 0 Å². The smallest absolute Gasteiger partial charge is 0.122 e. The molecule has 0 saturated heterocycles. The van der Waals surface area contributed by atoms with Crippen LogP contribution in [0.4, 0.5) is 0 Å². The second-order valence-electron chi connectivity index (χ2n) is 1.38. The molecule has 0 aliphatic heterocycles. The van der Waals surface area contributed by atoms with E-state index in [1.807, 2.05) is 13.8 Å². The average molecular weight is 165 g/mol. The second-order valence-corrected chi connectivity index (χ2v) is 1.38. The van der Waals surface area contributed by atoms with E-state index in [0.29, 0.717) is 0 Å². The van der Waals surface area contributed by atoms with Gasteiger partial charge in [-0.3, -0.25) is 0 Å². The minimum absolute atomic E-state index is 0. The Morgan fingerprint density at radius 2 is 1.67 bits per heavy atom. The van der Waals surface area contributed by atoms with E-state index in [1.165, 1.54) is 0 Å². The molecule has 0 atom stereocenters. The molecule has 1 nitrogen and oxygen atoms in total. The van der Waals surface area contributed by atoms with E-state index < -0.39 is 0 Å². The predicted molar refractivity (Wildman–Crippen MR) is 20.9 cm³/mol. The van der Waals surface area contributed by atoms with Crippen LogP contribution < -0.4 is 0 Å². The van der Waals surface area contributed by atoms with Crippen molar-refractivity contribution in [3.63, 3.8) is 0 Å². The summed E-state index contributed by atoms with van der Waals surface area (Å²) >= 11 is 0. The van der Waals surface area contributed by atoms with Gasteiger partial charge in [0.2, 0.25) is 0 Å². The van der Waals surface area contributed by atoms with Crippen LogP contribution in [0.15, 0.2) is 0 Å². The van der Waals surface area contributed by atoms with Gasteiger partial charge in [-0.25, -0.2) is 0 Å². The third kappa shape index (κ3) is 8.83. The zero-order valence-electron chi connectivity index (χ0n) is 4.01. The number of carbonyl (C=O) groups is 1.